The summed E-state index contributed by atoms with van der Waals surface area (Å²) in [6, 6.07) is 10.5. The number of carbonyl (C=O) groups is 3. The summed E-state index contributed by atoms with van der Waals surface area (Å²) in [5.74, 6) is -2.15. The summed E-state index contributed by atoms with van der Waals surface area (Å²) >= 11 is 6.26. The summed E-state index contributed by atoms with van der Waals surface area (Å²) < 4.78 is 98.4. The summed E-state index contributed by atoms with van der Waals surface area (Å²) in [6.45, 7) is 2.99. The van der Waals surface area contributed by atoms with Crippen molar-refractivity contribution in [2.24, 2.45) is 0 Å². The quantitative estimate of drug-likeness (QED) is 0.0724. The number of amides is 1. The molecule has 2 aliphatic heterocycles. The van der Waals surface area contributed by atoms with E-state index in [-0.39, 0.29) is 68.6 Å². The minimum Gasteiger partial charge on any atom is -0.492 e. The Kier molecular flexibility index (Phi) is 11.7. The van der Waals surface area contributed by atoms with Gasteiger partial charge in [0.15, 0.2) is 0 Å². The molecular weight excluding hydrogens is 727 g/mol. The molecule has 0 unspecified atom stereocenters. The molecule has 2 fully saturated rings. The number of halogens is 6. The number of carbonyl (C=O) groups excluding carboxylic acids is 2. The minimum atomic E-state index is -5.05. The summed E-state index contributed by atoms with van der Waals surface area (Å²) in [5, 5.41) is 9.02. The van der Waals surface area contributed by atoms with Crippen LogP contribution in [0.4, 0.5) is 26.3 Å². The van der Waals surface area contributed by atoms with Gasteiger partial charge >= 0.3 is 24.3 Å². The van der Waals surface area contributed by atoms with E-state index >= 15 is 0 Å². The Hall–Kier alpha value is -4.45. The predicted molar refractivity (Wildman–Crippen MR) is 178 cm³/mol. The van der Waals surface area contributed by atoms with Crippen LogP contribution in [0, 0.1) is 0 Å². The van der Waals surface area contributed by atoms with Gasteiger partial charge in [0.25, 0.3) is 5.91 Å². The highest BCUT2D eigenvalue weighted by Gasteiger charge is 2.37. The van der Waals surface area contributed by atoms with Crippen LogP contribution in [0.5, 0.6) is 11.5 Å². The summed E-state index contributed by atoms with van der Waals surface area (Å²) in [6.07, 6.45) is -8.99. The SMILES string of the molecule is O=C(CCN1C(=O)/C(=C/c2cc(-c3cc(C(F)(F)F)cc(C(F)(F)F)c3)ccc2OCCN2CCOCC2)SC1=S)Oc1ccc(C(=O)O)cc1. The van der Waals surface area contributed by atoms with Crippen LogP contribution in [0.2, 0.25) is 0 Å². The van der Waals surface area contributed by atoms with Crippen molar-refractivity contribution in [3.8, 4) is 22.6 Å². The van der Waals surface area contributed by atoms with Crippen molar-refractivity contribution >= 4 is 52.2 Å². The van der Waals surface area contributed by atoms with Gasteiger partial charge in [0, 0.05) is 31.7 Å². The molecule has 0 saturated carbocycles. The molecule has 51 heavy (non-hydrogen) atoms. The number of rotatable bonds is 11. The third kappa shape index (κ3) is 9.87. The first kappa shape index (κ1) is 37.8. The third-order valence-electron chi connectivity index (χ3n) is 7.73. The predicted octanol–water partition coefficient (Wildman–Crippen LogP) is 7.00. The zero-order valence-electron chi connectivity index (χ0n) is 26.4. The Morgan fingerprint density at radius 2 is 1.55 bits per heavy atom. The first-order chi connectivity index (χ1) is 24.1. The molecule has 0 aliphatic carbocycles. The van der Waals surface area contributed by atoms with Crippen molar-refractivity contribution in [3.63, 3.8) is 0 Å². The molecule has 17 heteroatoms. The number of aromatic carboxylic acids is 1. The lowest BCUT2D eigenvalue weighted by Gasteiger charge is -2.26. The number of hydrogen-bond acceptors (Lipinski definition) is 9. The third-order valence-corrected chi connectivity index (χ3v) is 9.11. The maximum absolute atomic E-state index is 13.6. The van der Waals surface area contributed by atoms with E-state index < -0.39 is 41.3 Å². The van der Waals surface area contributed by atoms with Crippen molar-refractivity contribution in [1.82, 2.24) is 9.80 Å². The second-order valence-electron chi connectivity index (χ2n) is 11.2. The molecule has 2 heterocycles. The van der Waals surface area contributed by atoms with Crippen LogP contribution in [0.15, 0.2) is 65.6 Å². The number of carboxylic acid groups (broad SMARTS) is 1. The van der Waals surface area contributed by atoms with Gasteiger partial charge in [0.05, 0.1) is 41.2 Å². The van der Waals surface area contributed by atoms with Crippen LogP contribution in [0.25, 0.3) is 17.2 Å². The number of nitrogens with zero attached hydrogens (tertiary/aromatic N) is 2. The van der Waals surface area contributed by atoms with Gasteiger partial charge in [-0.15, -0.1) is 0 Å². The molecule has 270 valence electrons. The Labute approximate surface area is 296 Å². The van der Waals surface area contributed by atoms with E-state index in [1.165, 1.54) is 48.5 Å². The van der Waals surface area contributed by atoms with Crippen molar-refractivity contribution in [1.29, 1.82) is 0 Å². The highest BCUT2D eigenvalue weighted by atomic mass is 32.2. The number of morpholine rings is 1. The number of ether oxygens (including phenoxy) is 3. The first-order valence-corrected chi connectivity index (χ1v) is 16.5. The molecule has 5 rings (SSSR count). The van der Waals surface area contributed by atoms with Gasteiger partial charge in [0.1, 0.15) is 22.4 Å². The lowest BCUT2D eigenvalue weighted by Crippen LogP contribution is -2.38. The highest BCUT2D eigenvalue weighted by Crippen LogP contribution is 2.40. The summed E-state index contributed by atoms with van der Waals surface area (Å²) in [4.78, 5) is 40.3. The molecule has 0 bridgehead atoms. The van der Waals surface area contributed by atoms with Gasteiger partial charge in [-0.05, 0) is 71.8 Å². The van der Waals surface area contributed by atoms with Gasteiger partial charge in [-0.1, -0.05) is 30.0 Å². The molecule has 3 aromatic carbocycles. The van der Waals surface area contributed by atoms with Gasteiger partial charge in [-0.2, -0.15) is 26.3 Å². The molecule has 9 nitrogen and oxygen atoms in total. The van der Waals surface area contributed by atoms with Crippen molar-refractivity contribution in [3.05, 3.63) is 87.8 Å². The molecule has 1 N–H and O–H groups in total. The Bertz CT molecular complexity index is 1810. The number of esters is 1. The van der Waals surface area contributed by atoms with E-state index in [2.05, 4.69) is 4.90 Å². The van der Waals surface area contributed by atoms with Gasteiger partial charge < -0.3 is 19.3 Å². The number of carboxylic acids is 1. The molecule has 0 spiro atoms. The fourth-order valence-electron chi connectivity index (χ4n) is 5.09. The number of thioether (sulfide) groups is 1. The Balaban J connectivity index is 1.39. The van der Waals surface area contributed by atoms with E-state index in [0.29, 0.717) is 45.0 Å². The lowest BCUT2D eigenvalue weighted by molar-refractivity contribution is -0.143. The fourth-order valence-corrected chi connectivity index (χ4v) is 6.39. The van der Waals surface area contributed by atoms with E-state index in [0.717, 1.165) is 16.7 Å². The summed E-state index contributed by atoms with van der Waals surface area (Å²) in [5.41, 5.74) is -3.10. The first-order valence-electron chi connectivity index (χ1n) is 15.2. The molecule has 0 radical (unpaired) electrons. The number of alkyl halides is 6. The van der Waals surface area contributed by atoms with E-state index in [1.807, 2.05) is 0 Å². The average Bonchev–Trinajstić information content (AvgIpc) is 3.34. The molecule has 3 aromatic rings. The lowest BCUT2D eigenvalue weighted by atomic mass is 9.97. The second kappa shape index (κ2) is 15.8. The molecule has 2 aliphatic rings. The zero-order chi connectivity index (χ0) is 36.9. The monoisotopic (exact) mass is 754 g/mol. The standard InChI is InChI=1S/C34H28F6N2O7S2/c35-33(36,37)24-16-22(17-25(19-24)34(38,39)40)21-3-6-27(48-14-11-41-9-12-47-13-10-41)23(15-21)18-28-30(44)42(32(50)51-28)8-7-29(43)49-26-4-1-20(2-5-26)31(45)46/h1-6,15-19H,7-14H2,(H,45,46)/b28-18-. The van der Waals surface area contributed by atoms with Gasteiger partial charge in [-0.3, -0.25) is 19.4 Å². The van der Waals surface area contributed by atoms with E-state index in [9.17, 15) is 40.7 Å². The largest absolute Gasteiger partial charge is 0.492 e. The second-order valence-corrected chi connectivity index (χ2v) is 12.9. The van der Waals surface area contributed by atoms with Gasteiger partial charge in [-0.25, -0.2) is 4.79 Å². The fraction of sp³-hybridized carbons (Fsp3) is 0.294. The maximum atomic E-state index is 13.6. The summed E-state index contributed by atoms with van der Waals surface area (Å²) in [7, 11) is 0. The van der Waals surface area contributed by atoms with Crippen molar-refractivity contribution < 1.29 is 60.0 Å². The van der Waals surface area contributed by atoms with Crippen molar-refractivity contribution in [2.75, 3.05) is 46.0 Å². The smallest absolute Gasteiger partial charge is 0.416 e. The molecule has 1 amide bonds. The number of thiocarbonyl (C=S) groups is 1. The molecular formula is C34H28F6N2O7S2. The number of benzene rings is 3. The number of hydrogen-bond donors (Lipinski definition) is 1. The minimum absolute atomic E-state index is 0.00349. The van der Waals surface area contributed by atoms with Crippen LogP contribution in [0.3, 0.4) is 0 Å². The van der Waals surface area contributed by atoms with Crippen LogP contribution >= 0.6 is 24.0 Å². The van der Waals surface area contributed by atoms with Crippen LogP contribution in [-0.4, -0.2) is 83.1 Å². The van der Waals surface area contributed by atoms with Crippen LogP contribution in [-0.2, 0) is 26.7 Å². The molecule has 0 aromatic heterocycles. The maximum Gasteiger partial charge on any atom is 0.416 e. The van der Waals surface area contributed by atoms with Crippen LogP contribution < -0.4 is 9.47 Å². The van der Waals surface area contributed by atoms with E-state index in [1.54, 1.807) is 0 Å². The average molecular weight is 755 g/mol. The normalized spacial score (nSPS) is 16.5. The topological polar surface area (TPSA) is 106 Å². The van der Waals surface area contributed by atoms with Crippen LogP contribution in [0.1, 0.15) is 33.5 Å². The Morgan fingerprint density at radius 3 is 2.16 bits per heavy atom. The molecule has 2 saturated heterocycles. The molecule has 0 atom stereocenters. The van der Waals surface area contributed by atoms with E-state index in [4.69, 9.17) is 31.5 Å². The van der Waals surface area contributed by atoms with Crippen molar-refractivity contribution in [2.45, 2.75) is 18.8 Å². The van der Waals surface area contributed by atoms with Gasteiger partial charge in [0.2, 0.25) is 0 Å². The Morgan fingerprint density at radius 1 is 0.902 bits per heavy atom. The zero-order valence-corrected chi connectivity index (χ0v) is 28.0. The highest BCUT2D eigenvalue weighted by molar-refractivity contribution is 8.26.